The first-order valence-corrected chi connectivity index (χ1v) is 7.40. The summed E-state index contributed by atoms with van der Waals surface area (Å²) in [6, 6.07) is 2.21. The lowest BCUT2D eigenvalue weighted by molar-refractivity contribution is -0.385. The Bertz CT molecular complexity index is 629. The molecule has 1 aliphatic rings. The third kappa shape index (κ3) is 2.65. The van der Waals surface area contributed by atoms with Gasteiger partial charge >= 0.3 is 0 Å². The maximum absolute atomic E-state index is 13.7. The molecule has 0 radical (unpaired) electrons. The van der Waals surface area contributed by atoms with Crippen molar-refractivity contribution in [2.24, 2.45) is 0 Å². The molecule has 20 heavy (non-hydrogen) atoms. The lowest BCUT2D eigenvalue weighted by Crippen LogP contribution is -2.38. The van der Waals surface area contributed by atoms with E-state index in [9.17, 15) is 22.9 Å². The van der Waals surface area contributed by atoms with Crippen LogP contribution in [0.1, 0.15) is 6.42 Å². The van der Waals surface area contributed by atoms with Crippen LogP contribution in [0.15, 0.2) is 23.1 Å². The second kappa shape index (κ2) is 5.43. The van der Waals surface area contributed by atoms with Crippen LogP contribution in [0.25, 0.3) is 0 Å². The second-order valence-electron chi connectivity index (χ2n) is 4.54. The van der Waals surface area contributed by atoms with Crippen LogP contribution < -0.4 is 5.32 Å². The third-order valence-electron chi connectivity index (χ3n) is 3.33. The van der Waals surface area contributed by atoms with Crippen LogP contribution in [-0.2, 0) is 10.0 Å². The molecule has 1 aromatic carbocycles. The van der Waals surface area contributed by atoms with Gasteiger partial charge in [-0.05, 0) is 19.0 Å². The first-order chi connectivity index (χ1) is 9.34. The Morgan fingerprint density at radius 3 is 2.75 bits per heavy atom. The van der Waals surface area contributed by atoms with Crippen LogP contribution in [0.2, 0.25) is 0 Å². The van der Waals surface area contributed by atoms with Gasteiger partial charge in [-0.15, -0.1) is 0 Å². The number of sulfonamides is 1. The van der Waals surface area contributed by atoms with Crippen LogP contribution in [0.3, 0.4) is 0 Å². The Labute approximate surface area is 115 Å². The van der Waals surface area contributed by atoms with Gasteiger partial charge in [-0.25, -0.2) is 12.8 Å². The van der Waals surface area contributed by atoms with E-state index < -0.39 is 31.3 Å². The van der Waals surface area contributed by atoms with Crippen molar-refractivity contribution in [3.05, 3.63) is 34.1 Å². The first-order valence-electron chi connectivity index (χ1n) is 5.96. The smallest absolute Gasteiger partial charge is 0.270 e. The average molecular weight is 303 g/mol. The normalized spacial score (nSPS) is 19.4. The molecule has 0 aliphatic carbocycles. The molecule has 0 aromatic heterocycles. The predicted molar refractivity (Wildman–Crippen MR) is 69.3 cm³/mol. The van der Waals surface area contributed by atoms with E-state index in [2.05, 4.69) is 5.32 Å². The van der Waals surface area contributed by atoms with Crippen molar-refractivity contribution < 1.29 is 17.7 Å². The van der Waals surface area contributed by atoms with E-state index in [0.717, 1.165) is 22.5 Å². The summed E-state index contributed by atoms with van der Waals surface area (Å²) in [5, 5.41) is 13.7. The van der Waals surface area contributed by atoms with E-state index in [-0.39, 0.29) is 6.04 Å². The number of nitro benzene ring substituents is 1. The molecular formula is C11H14FN3O4S. The molecule has 1 saturated heterocycles. The van der Waals surface area contributed by atoms with E-state index in [1.54, 1.807) is 0 Å². The average Bonchev–Trinajstić information content (AvgIpc) is 2.91. The summed E-state index contributed by atoms with van der Waals surface area (Å²) in [4.78, 5) is 9.26. The van der Waals surface area contributed by atoms with Crippen molar-refractivity contribution in [2.75, 3.05) is 20.1 Å². The molecule has 0 spiro atoms. The number of rotatable bonds is 4. The van der Waals surface area contributed by atoms with E-state index >= 15 is 0 Å². The summed E-state index contributed by atoms with van der Waals surface area (Å²) in [5.74, 6) is -0.992. The lowest BCUT2D eigenvalue weighted by atomic mass is 10.3. The molecule has 0 amide bonds. The third-order valence-corrected chi connectivity index (χ3v) is 5.26. The molecule has 110 valence electrons. The van der Waals surface area contributed by atoms with Gasteiger partial charge < -0.3 is 5.32 Å². The van der Waals surface area contributed by atoms with Gasteiger partial charge in [0.25, 0.3) is 5.69 Å². The molecule has 1 fully saturated rings. The summed E-state index contributed by atoms with van der Waals surface area (Å²) in [5.41, 5.74) is -0.456. The zero-order chi connectivity index (χ0) is 14.9. The fourth-order valence-electron chi connectivity index (χ4n) is 2.10. The number of nitrogens with one attached hydrogen (secondary N) is 1. The maximum atomic E-state index is 13.7. The number of nitro groups is 1. The molecule has 1 unspecified atom stereocenters. The molecule has 1 N–H and O–H groups in total. The van der Waals surface area contributed by atoms with Crippen molar-refractivity contribution in [3.63, 3.8) is 0 Å². The summed E-state index contributed by atoms with van der Waals surface area (Å²) < 4.78 is 39.5. The largest absolute Gasteiger partial charge is 0.315 e. The second-order valence-corrected chi connectivity index (χ2v) is 6.51. The molecular weight excluding hydrogens is 289 g/mol. The minimum absolute atomic E-state index is 0.279. The molecule has 1 heterocycles. The van der Waals surface area contributed by atoms with Gasteiger partial charge in [0.05, 0.1) is 4.92 Å². The van der Waals surface area contributed by atoms with Crippen molar-refractivity contribution in [2.45, 2.75) is 17.4 Å². The Kier molecular flexibility index (Phi) is 4.02. The van der Waals surface area contributed by atoms with Crippen LogP contribution in [0.4, 0.5) is 10.1 Å². The summed E-state index contributed by atoms with van der Waals surface area (Å²) in [6.45, 7) is 1.16. The number of nitrogens with zero attached hydrogens (tertiary/aromatic N) is 2. The minimum atomic E-state index is -4.10. The van der Waals surface area contributed by atoms with E-state index in [1.807, 2.05) is 0 Å². The number of hydrogen-bond donors (Lipinski definition) is 1. The Balaban J connectivity index is 2.42. The van der Waals surface area contributed by atoms with Crippen molar-refractivity contribution >= 4 is 15.7 Å². The summed E-state index contributed by atoms with van der Waals surface area (Å²) in [6.07, 6.45) is 0.617. The van der Waals surface area contributed by atoms with E-state index in [0.29, 0.717) is 19.5 Å². The van der Waals surface area contributed by atoms with Crippen LogP contribution in [0, 0.1) is 15.9 Å². The van der Waals surface area contributed by atoms with Crippen LogP contribution in [0.5, 0.6) is 0 Å². The molecule has 1 aliphatic heterocycles. The monoisotopic (exact) mass is 303 g/mol. The number of benzene rings is 1. The van der Waals surface area contributed by atoms with Crippen LogP contribution >= 0.6 is 0 Å². The Morgan fingerprint density at radius 2 is 2.20 bits per heavy atom. The fraction of sp³-hybridized carbons (Fsp3) is 0.455. The number of hydrogen-bond acceptors (Lipinski definition) is 5. The van der Waals surface area contributed by atoms with Crippen molar-refractivity contribution in [1.82, 2.24) is 9.62 Å². The molecule has 2 rings (SSSR count). The summed E-state index contributed by atoms with van der Waals surface area (Å²) >= 11 is 0. The number of likely N-dealkylation sites (N-methyl/N-ethyl adjacent to an activating group) is 1. The topological polar surface area (TPSA) is 92.6 Å². The van der Waals surface area contributed by atoms with Crippen molar-refractivity contribution in [3.8, 4) is 0 Å². The van der Waals surface area contributed by atoms with Gasteiger partial charge in [-0.1, -0.05) is 0 Å². The maximum Gasteiger partial charge on any atom is 0.270 e. The quantitative estimate of drug-likeness (QED) is 0.653. The minimum Gasteiger partial charge on any atom is -0.315 e. The molecule has 0 saturated carbocycles. The Morgan fingerprint density at radius 1 is 1.50 bits per heavy atom. The van der Waals surface area contributed by atoms with Gasteiger partial charge in [0.15, 0.2) is 0 Å². The highest BCUT2D eigenvalue weighted by Gasteiger charge is 2.32. The first kappa shape index (κ1) is 14.8. The predicted octanol–water partition coefficient (Wildman–Crippen LogP) is 0.716. The highest BCUT2D eigenvalue weighted by atomic mass is 32.2. The fourth-order valence-corrected chi connectivity index (χ4v) is 3.57. The van der Waals surface area contributed by atoms with Crippen LogP contribution in [-0.4, -0.2) is 43.8 Å². The molecule has 1 aromatic rings. The Hall–Kier alpha value is -1.58. The number of halogens is 1. The zero-order valence-electron chi connectivity index (χ0n) is 10.7. The van der Waals surface area contributed by atoms with E-state index in [4.69, 9.17) is 0 Å². The highest BCUT2D eigenvalue weighted by molar-refractivity contribution is 7.89. The molecule has 0 bridgehead atoms. The molecule has 7 nitrogen and oxygen atoms in total. The van der Waals surface area contributed by atoms with Gasteiger partial charge in [0.2, 0.25) is 10.0 Å². The standard InChI is InChI=1S/C11H14FN3O4S/c1-14(9-4-5-13-7-9)20(18,19)11-6-8(15(16)17)2-3-10(11)12/h2-3,6,9,13H,4-5,7H2,1H3. The van der Waals surface area contributed by atoms with Gasteiger partial charge in [-0.3, -0.25) is 10.1 Å². The van der Waals surface area contributed by atoms with E-state index in [1.165, 1.54) is 7.05 Å². The van der Waals surface area contributed by atoms with Gasteiger partial charge in [-0.2, -0.15) is 4.31 Å². The lowest BCUT2D eigenvalue weighted by Gasteiger charge is -2.23. The van der Waals surface area contributed by atoms with Crippen molar-refractivity contribution in [1.29, 1.82) is 0 Å². The number of non-ortho nitro benzene ring substituents is 1. The molecule has 9 heteroatoms. The SMILES string of the molecule is CN(C1CCNC1)S(=O)(=O)c1cc([N+](=O)[O-])ccc1F. The highest BCUT2D eigenvalue weighted by Crippen LogP contribution is 2.25. The zero-order valence-corrected chi connectivity index (χ0v) is 11.6. The summed E-state index contributed by atoms with van der Waals surface area (Å²) in [7, 11) is -2.74. The molecule has 1 atom stereocenters. The van der Waals surface area contributed by atoms with Gasteiger partial charge in [0.1, 0.15) is 10.7 Å². The van der Waals surface area contributed by atoms with Gasteiger partial charge in [0, 0.05) is 31.8 Å².